The summed E-state index contributed by atoms with van der Waals surface area (Å²) in [5.41, 5.74) is 1.49. The van der Waals surface area contributed by atoms with Crippen molar-refractivity contribution in [3.63, 3.8) is 0 Å². The average molecular weight is 443 g/mol. The number of ether oxygens (including phenoxy) is 2. The molecule has 9 heteroatoms. The number of nitrogens with zero attached hydrogens (tertiary/aromatic N) is 2. The summed E-state index contributed by atoms with van der Waals surface area (Å²) >= 11 is 6.05. The third-order valence-electron chi connectivity index (χ3n) is 4.30. The summed E-state index contributed by atoms with van der Waals surface area (Å²) < 4.78 is 11.7. The SMILES string of the molecule is CCOc1cnn(-c2cccc(Cl)c2)c(=O)c1Nc1ccc(C(=O)NCCOC)cc1. The van der Waals surface area contributed by atoms with Crippen LogP contribution in [0.15, 0.2) is 59.5 Å². The molecule has 1 amide bonds. The van der Waals surface area contributed by atoms with Gasteiger partial charge in [0.05, 0.1) is 25.1 Å². The van der Waals surface area contributed by atoms with Gasteiger partial charge in [0, 0.05) is 29.9 Å². The fourth-order valence-electron chi connectivity index (χ4n) is 2.83. The number of carbonyl (C=O) groups is 1. The Balaban J connectivity index is 1.88. The lowest BCUT2D eigenvalue weighted by Gasteiger charge is -2.14. The summed E-state index contributed by atoms with van der Waals surface area (Å²) in [5, 5.41) is 10.5. The Morgan fingerprint density at radius 3 is 2.65 bits per heavy atom. The van der Waals surface area contributed by atoms with Crippen molar-refractivity contribution in [1.82, 2.24) is 15.1 Å². The second-order valence-electron chi connectivity index (χ2n) is 6.46. The van der Waals surface area contributed by atoms with Gasteiger partial charge in [0.15, 0.2) is 11.4 Å². The third kappa shape index (κ3) is 5.62. The Morgan fingerprint density at radius 2 is 1.97 bits per heavy atom. The van der Waals surface area contributed by atoms with Crippen LogP contribution in [0.2, 0.25) is 5.02 Å². The molecule has 8 nitrogen and oxygen atoms in total. The highest BCUT2D eigenvalue weighted by molar-refractivity contribution is 6.30. The largest absolute Gasteiger partial charge is 0.490 e. The third-order valence-corrected chi connectivity index (χ3v) is 4.54. The molecule has 3 rings (SSSR count). The maximum Gasteiger partial charge on any atom is 0.299 e. The van der Waals surface area contributed by atoms with Crippen LogP contribution in [0.25, 0.3) is 5.69 Å². The number of carbonyl (C=O) groups excluding carboxylic acids is 1. The number of methoxy groups -OCH3 is 1. The number of nitrogens with one attached hydrogen (secondary N) is 2. The van der Waals surface area contributed by atoms with Crippen molar-refractivity contribution in [3.8, 4) is 11.4 Å². The van der Waals surface area contributed by atoms with Crippen molar-refractivity contribution in [1.29, 1.82) is 0 Å². The molecule has 0 unspecified atom stereocenters. The number of anilines is 2. The Labute approximate surface area is 184 Å². The molecule has 2 aromatic carbocycles. The summed E-state index contributed by atoms with van der Waals surface area (Å²) in [6.07, 6.45) is 1.48. The van der Waals surface area contributed by atoms with Crippen LogP contribution in [0.4, 0.5) is 11.4 Å². The summed E-state index contributed by atoms with van der Waals surface area (Å²) in [7, 11) is 1.57. The van der Waals surface area contributed by atoms with Gasteiger partial charge >= 0.3 is 0 Å². The predicted molar refractivity (Wildman–Crippen MR) is 120 cm³/mol. The lowest BCUT2D eigenvalue weighted by Crippen LogP contribution is -2.26. The van der Waals surface area contributed by atoms with Gasteiger partial charge in [-0.3, -0.25) is 9.59 Å². The molecule has 3 aromatic rings. The van der Waals surface area contributed by atoms with Crippen LogP contribution in [0, 0.1) is 0 Å². The predicted octanol–water partition coefficient (Wildman–Crippen LogP) is 3.40. The molecule has 0 aliphatic heterocycles. The molecule has 0 aliphatic rings. The average Bonchev–Trinajstić information content (AvgIpc) is 2.77. The van der Waals surface area contributed by atoms with Crippen molar-refractivity contribution >= 4 is 28.9 Å². The number of hydrogen-bond donors (Lipinski definition) is 2. The smallest absolute Gasteiger partial charge is 0.299 e. The second kappa shape index (κ2) is 10.6. The number of amides is 1. The summed E-state index contributed by atoms with van der Waals surface area (Å²) in [5.74, 6) is 0.123. The molecular formula is C22H23ClN4O4. The van der Waals surface area contributed by atoms with E-state index in [0.717, 1.165) is 0 Å². The number of benzene rings is 2. The molecule has 162 valence electrons. The van der Waals surface area contributed by atoms with Crippen LogP contribution >= 0.6 is 11.6 Å². The zero-order valence-corrected chi connectivity index (χ0v) is 18.0. The molecule has 1 heterocycles. The number of halogens is 1. The highest BCUT2D eigenvalue weighted by atomic mass is 35.5. The first-order valence-corrected chi connectivity index (χ1v) is 10.1. The van der Waals surface area contributed by atoms with Crippen molar-refractivity contribution < 1.29 is 14.3 Å². The van der Waals surface area contributed by atoms with Crippen LogP contribution in [-0.2, 0) is 4.74 Å². The van der Waals surface area contributed by atoms with E-state index in [0.29, 0.717) is 47.5 Å². The number of aromatic nitrogens is 2. The van der Waals surface area contributed by atoms with Gasteiger partial charge in [0.25, 0.3) is 11.5 Å². The molecule has 1 aromatic heterocycles. The molecule has 0 atom stereocenters. The van der Waals surface area contributed by atoms with E-state index in [2.05, 4.69) is 15.7 Å². The van der Waals surface area contributed by atoms with Gasteiger partial charge in [-0.15, -0.1) is 0 Å². The van der Waals surface area contributed by atoms with Gasteiger partial charge in [-0.1, -0.05) is 17.7 Å². The highest BCUT2D eigenvalue weighted by Gasteiger charge is 2.15. The minimum absolute atomic E-state index is 0.203. The second-order valence-corrected chi connectivity index (χ2v) is 6.90. The molecule has 2 N–H and O–H groups in total. The van der Waals surface area contributed by atoms with Gasteiger partial charge in [-0.2, -0.15) is 9.78 Å². The zero-order valence-electron chi connectivity index (χ0n) is 17.2. The minimum Gasteiger partial charge on any atom is -0.490 e. The lowest BCUT2D eigenvalue weighted by molar-refractivity contribution is 0.0937. The molecule has 0 radical (unpaired) electrons. The van der Waals surface area contributed by atoms with E-state index < -0.39 is 5.56 Å². The van der Waals surface area contributed by atoms with Gasteiger partial charge in [-0.25, -0.2) is 0 Å². The summed E-state index contributed by atoms with van der Waals surface area (Å²) in [4.78, 5) is 25.3. The van der Waals surface area contributed by atoms with Crippen LogP contribution in [-0.4, -0.2) is 42.6 Å². The van der Waals surface area contributed by atoms with Crippen LogP contribution in [0.1, 0.15) is 17.3 Å². The quantitative estimate of drug-likeness (QED) is 0.493. The van der Waals surface area contributed by atoms with E-state index in [1.54, 1.807) is 55.6 Å². The molecule has 0 saturated heterocycles. The van der Waals surface area contributed by atoms with Crippen LogP contribution in [0.3, 0.4) is 0 Å². The lowest BCUT2D eigenvalue weighted by atomic mass is 10.2. The van der Waals surface area contributed by atoms with E-state index >= 15 is 0 Å². The van der Waals surface area contributed by atoms with Gasteiger partial charge in [0.1, 0.15) is 0 Å². The van der Waals surface area contributed by atoms with Crippen molar-refractivity contribution in [2.45, 2.75) is 6.92 Å². The number of rotatable bonds is 9. The Kier molecular flexibility index (Phi) is 7.64. The molecule has 31 heavy (non-hydrogen) atoms. The van der Waals surface area contributed by atoms with Gasteiger partial charge in [0.2, 0.25) is 0 Å². The standard InChI is InChI=1S/C22H23ClN4O4/c1-3-31-19-14-25-27(18-6-4-5-16(23)13-18)22(29)20(19)26-17-9-7-15(8-10-17)21(28)24-11-12-30-2/h4-10,13-14,26H,3,11-12H2,1-2H3,(H,24,28). The monoisotopic (exact) mass is 442 g/mol. The maximum absolute atomic E-state index is 13.1. The summed E-state index contributed by atoms with van der Waals surface area (Å²) in [6.45, 7) is 3.06. The van der Waals surface area contributed by atoms with Crippen molar-refractivity contribution in [2.75, 3.05) is 32.2 Å². The van der Waals surface area contributed by atoms with Gasteiger partial charge in [-0.05, 0) is 49.4 Å². The Hall–Kier alpha value is -3.36. The molecule has 0 fully saturated rings. The maximum atomic E-state index is 13.1. The van der Waals surface area contributed by atoms with Crippen molar-refractivity contribution in [2.24, 2.45) is 0 Å². The highest BCUT2D eigenvalue weighted by Crippen LogP contribution is 2.24. The minimum atomic E-state index is -0.394. The topological polar surface area (TPSA) is 94.5 Å². The number of hydrogen-bond acceptors (Lipinski definition) is 6. The fraction of sp³-hybridized carbons (Fsp3) is 0.227. The van der Waals surface area contributed by atoms with E-state index in [9.17, 15) is 9.59 Å². The zero-order chi connectivity index (χ0) is 22.2. The summed E-state index contributed by atoms with van der Waals surface area (Å²) in [6, 6.07) is 13.6. The molecule has 0 spiro atoms. The van der Waals surface area contributed by atoms with Gasteiger partial charge < -0.3 is 20.1 Å². The molecular weight excluding hydrogens is 420 g/mol. The first-order chi connectivity index (χ1) is 15.0. The fourth-order valence-corrected chi connectivity index (χ4v) is 3.01. The Bertz CT molecular complexity index is 1100. The van der Waals surface area contributed by atoms with E-state index in [1.807, 2.05) is 6.92 Å². The van der Waals surface area contributed by atoms with Crippen LogP contribution in [0.5, 0.6) is 5.75 Å². The molecule has 0 bridgehead atoms. The van der Waals surface area contributed by atoms with Crippen LogP contribution < -0.4 is 20.9 Å². The van der Waals surface area contributed by atoms with E-state index in [4.69, 9.17) is 21.1 Å². The first kappa shape index (κ1) is 22.3. The van der Waals surface area contributed by atoms with Crippen molar-refractivity contribution in [3.05, 3.63) is 75.7 Å². The van der Waals surface area contributed by atoms with E-state index in [1.165, 1.54) is 10.9 Å². The van der Waals surface area contributed by atoms with E-state index in [-0.39, 0.29) is 11.6 Å². The molecule has 0 saturated carbocycles. The first-order valence-electron chi connectivity index (χ1n) is 9.68. The molecule has 0 aliphatic carbocycles. The Morgan fingerprint density at radius 1 is 1.19 bits per heavy atom. The normalized spacial score (nSPS) is 10.5.